The highest BCUT2D eigenvalue weighted by Gasteiger charge is 2.17. The summed E-state index contributed by atoms with van der Waals surface area (Å²) in [5.74, 6) is 6.10. The average Bonchev–Trinajstić information content (AvgIpc) is 3.28. The van der Waals surface area contributed by atoms with E-state index in [0.29, 0.717) is 23.0 Å². The molecule has 0 saturated carbocycles. The summed E-state index contributed by atoms with van der Waals surface area (Å²) < 4.78 is 0.686. The Labute approximate surface area is 214 Å². The molecule has 3 aromatic carbocycles. The van der Waals surface area contributed by atoms with E-state index in [9.17, 15) is 9.90 Å². The van der Waals surface area contributed by atoms with Crippen LogP contribution in [0.4, 0.5) is 0 Å². The fourth-order valence-electron chi connectivity index (χ4n) is 3.99. The minimum Gasteiger partial charge on any atom is -0.394 e. The van der Waals surface area contributed by atoms with Gasteiger partial charge in [-0.15, -0.1) is 0 Å². The fourth-order valence-corrected chi connectivity index (χ4v) is 4.42. The Kier molecular flexibility index (Phi) is 8.38. The number of hydrogen-bond acceptors (Lipinski definition) is 3. The van der Waals surface area contributed by atoms with Crippen LogP contribution < -0.4 is 5.32 Å². The van der Waals surface area contributed by atoms with Gasteiger partial charge in [-0.1, -0.05) is 60.4 Å². The number of nitrogens with zero attached hydrogens (tertiary/aromatic N) is 1. The Hall–Kier alpha value is -3.37. The molecule has 1 heterocycles. The second kappa shape index (κ2) is 11.9. The van der Waals surface area contributed by atoms with Crippen molar-refractivity contribution >= 4 is 32.7 Å². The molecular weight excluding hydrogens is 502 g/mol. The minimum atomic E-state index is -0.407. The number of amides is 1. The minimum absolute atomic E-state index is 0.157. The van der Waals surface area contributed by atoms with Gasteiger partial charge in [0, 0.05) is 33.7 Å². The molecule has 0 radical (unpaired) electrons. The number of aliphatic hydroxyl groups excluding tert-OH is 1. The summed E-state index contributed by atoms with van der Waals surface area (Å²) in [6.45, 7) is 1.28. The highest BCUT2D eigenvalue weighted by atomic mass is 79.9. The number of para-hydroxylation sites is 1. The summed E-state index contributed by atoms with van der Waals surface area (Å²) in [6.07, 6.45) is 2.46. The first-order valence-electron chi connectivity index (χ1n) is 11.5. The number of carbonyl (C=O) groups is 1. The molecule has 1 unspecified atom stereocenters. The number of aromatic nitrogens is 1. The van der Waals surface area contributed by atoms with Crippen molar-refractivity contribution < 1.29 is 9.90 Å². The number of aliphatic hydroxyl groups is 1. The Bertz CT molecular complexity index is 1350. The Morgan fingerprint density at radius 3 is 2.69 bits per heavy atom. The Balaban J connectivity index is 1.40. The first-order chi connectivity index (χ1) is 17.0. The quantitative estimate of drug-likeness (QED) is 0.288. The monoisotopic (exact) mass is 529 g/mol. The van der Waals surface area contributed by atoms with Gasteiger partial charge in [0.1, 0.15) is 0 Å². The van der Waals surface area contributed by atoms with Gasteiger partial charge in [-0.05, 0) is 64.8 Å². The van der Waals surface area contributed by atoms with Gasteiger partial charge in [0.15, 0.2) is 0 Å². The zero-order chi connectivity index (χ0) is 24.6. The third kappa shape index (κ3) is 6.61. The summed E-state index contributed by atoms with van der Waals surface area (Å²) in [7, 11) is 2.03. The second-order valence-corrected chi connectivity index (χ2v) is 9.43. The topological polar surface area (TPSA) is 68.4 Å². The predicted octanol–water partition coefficient (Wildman–Crippen LogP) is 4.75. The predicted molar refractivity (Wildman–Crippen MR) is 144 cm³/mol. The number of nitrogens with one attached hydrogen (secondary N) is 2. The summed E-state index contributed by atoms with van der Waals surface area (Å²) in [6, 6.07) is 23.4. The van der Waals surface area contributed by atoms with Crippen LogP contribution in [0, 0.1) is 11.8 Å². The van der Waals surface area contributed by atoms with Crippen molar-refractivity contribution in [3.8, 4) is 11.8 Å². The SMILES string of the molecule is CN(CC#Cc1ccc(Br)c(C(=O)NC(CO)Cc2c[nH]c3ccccc23)c1)Cc1ccccc1. The first-order valence-corrected chi connectivity index (χ1v) is 12.3. The average molecular weight is 530 g/mol. The van der Waals surface area contributed by atoms with Gasteiger partial charge in [0.2, 0.25) is 0 Å². The van der Waals surface area contributed by atoms with Gasteiger partial charge in [0.25, 0.3) is 5.91 Å². The molecule has 0 fully saturated rings. The van der Waals surface area contributed by atoms with Crippen molar-refractivity contribution in [2.75, 3.05) is 20.2 Å². The van der Waals surface area contributed by atoms with Crippen LogP contribution in [-0.4, -0.2) is 47.1 Å². The van der Waals surface area contributed by atoms with E-state index in [0.717, 1.165) is 28.6 Å². The zero-order valence-corrected chi connectivity index (χ0v) is 21.2. The van der Waals surface area contributed by atoms with Crippen LogP contribution in [0.2, 0.25) is 0 Å². The summed E-state index contributed by atoms with van der Waals surface area (Å²) in [5.41, 5.74) is 4.59. The Morgan fingerprint density at radius 2 is 1.89 bits per heavy atom. The molecule has 178 valence electrons. The molecule has 4 aromatic rings. The highest BCUT2D eigenvalue weighted by molar-refractivity contribution is 9.10. The van der Waals surface area contributed by atoms with E-state index < -0.39 is 6.04 Å². The molecule has 0 bridgehead atoms. The van der Waals surface area contributed by atoms with E-state index in [1.807, 2.05) is 67.8 Å². The number of rotatable bonds is 8. The van der Waals surface area contributed by atoms with Crippen molar-refractivity contribution in [1.82, 2.24) is 15.2 Å². The van der Waals surface area contributed by atoms with Crippen molar-refractivity contribution in [2.45, 2.75) is 19.0 Å². The number of halogens is 1. The van der Waals surface area contributed by atoms with Gasteiger partial charge in [-0.25, -0.2) is 0 Å². The molecule has 1 amide bonds. The van der Waals surface area contributed by atoms with E-state index in [-0.39, 0.29) is 12.5 Å². The second-order valence-electron chi connectivity index (χ2n) is 8.57. The largest absolute Gasteiger partial charge is 0.394 e. The number of fused-ring (bicyclic) bond motifs is 1. The van der Waals surface area contributed by atoms with Gasteiger partial charge in [-0.2, -0.15) is 0 Å². The lowest BCUT2D eigenvalue weighted by atomic mass is 10.0. The molecule has 5 nitrogen and oxygen atoms in total. The van der Waals surface area contributed by atoms with Crippen LogP contribution in [0.15, 0.2) is 83.5 Å². The molecule has 1 atom stereocenters. The number of carbonyl (C=O) groups excluding carboxylic acids is 1. The molecule has 0 saturated heterocycles. The van der Waals surface area contributed by atoms with E-state index in [4.69, 9.17) is 0 Å². The molecule has 4 rings (SSSR count). The van der Waals surface area contributed by atoms with Crippen LogP contribution in [-0.2, 0) is 13.0 Å². The van der Waals surface area contributed by atoms with Crippen molar-refractivity contribution in [3.63, 3.8) is 0 Å². The summed E-state index contributed by atoms with van der Waals surface area (Å²) in [5, 5.41) is 14.0. The van der Waals surface area contributed by atoms with Crippen LogP contribution in [0.1, 0.15) is 27.0 Å². The maximum Gasteiger partial charge on any atom is 0.252 e. The van der Waals surface area contributed by atoms with Crippen LogP contribution >= 0.6 is 15.9 Å². The third-order valence-electron chi connectivity index (χ3n) is 5.78. The molecule has 0 spiro atoms. The van der Waals surface area contributed by atoms with Crippen LogP contribution in [0.25, 0.3) is 10.9 Å². The third-order valence-corrected chi connectivity index (χ3v) is 6.48. The zero-order valence-electron chi connectivity index (χ0n) is 19.6. The van der Waals surface area contributed by atoms with Gasteiger partial charge in [0.05, 0.1) is 24.8 Å². The van der Waals surface area contributed by atoms with E-state index >= 15 is 0 Å². The van der Waals surface area contributed by atoms with E-state index in [1.165, 1.54) is 5.56 Å². The molecule has 0 aliphatic carbocycles. The lowest BCUT2D eigenvalue weighted by Crippen LogP contribution is -2.39. The summed E-state index contributed by atoms with van der Waals surface area (Å²) >= 11 is 3.48. The molecule has 0 aliphatic heterocycles. The number of benzene rings is 3. The van der Waals surface area contributed by atoms with Crippen molar-refractivity contribution in [1.29, 1.82) is 0 Å². The fraction of sp³-hybridized carbons (Fsp3) is 0.207. The maximum atomic E-state index is 13.0. The Morgan fingerprint density at radius 1 is 1.11 bits per heavy atom. The normalized spacial score (nSPS) is 11.8. The first kappa shape index (κ1) is 24.7. The molecular formula is C29H28BrN3O2. The summed E-state index contributed by atoms with van der Waals surface area (Å²) in [4.78, 5) is 18.4. The van der Waals surface area contributed by atoms with E-state index in [2.05, 4.69) is 55.1 Å². The number of hydrogen-bond donors (Lipinski definition) is 3. The molecule has 3 N–H and O–H groups in total. The lowest BCUT2D eigenvalue weighted by Gasteiger charge is -2.17. The lowest BCUT2D eigenvalue weighted by molar-refractivity contribution is 0.0915. The van der Waals surface area contributed by atoms with Crippen LogP contribution in [0.3, 0.4) is 0 Å². The molecule has 6 heteroatoms. The number of H-pyrrole nitrogens is 1. The van der Waals surface area contributed by atoms with Crippen LogP contribution in [0.5, 0.6) is 0 Å². The smallest absolute Gasteiger partial charge is 0.252 e. The van der Waals surface area contributed by atoms with Crippen molar-refractivity contribution in [2.24, 2.45) is 0 Å². The maximum absolute atomic E-state index is 13.0. The van der Waals surface area contributed by atoms with Crippen molar-refractivity contribution in [3.05, 3.63) is 106 Å². The van der Waals surface area contributed by atoms with Gasteiger partial charge >= 0.3 is 0 Å². The molecule has 1 aromatic heterocycles. The van der Waals surface area contributed by atoms with Gasteiger partial charge in [-0.3, -0.25) is 9.69 Å². The number of aromatic amines is 1. The molecule has 0 aliphatic rings. The van der Waals surface area contributed by atoms with E-state index in [1.54, 1.807) is 6.07 Å². The molecule has 35 heavy (non-hydrogen) atoms. The standard InChI is InChI=1S/C29H28BrN3O2/c1-33(19-22-8-3-2-4-9-22)15-7-10-21-13-14-27(30)26(16-21)29(35)32-24(20-34)17-23-18-31-28-12-6-5-11-25(23)28/h2-6,8-9,11-14,16,18,24,31,34H,15,17,19-20H2,1H3,(H,32,35). The highest BCUT2D eigenvalue weighted by Crippen LogP contribution is 2.21. The van der Waals surface area contributed by atoms with Gasteiger partial charge < -0.3 is 15.4 Å².